The molecule has 0 fully saturated rings. The summed E-state index contributed by atoms with van der Waals surface area (Å²) in [7, 11) is 1.54. The molecule has 4 aromatic rings. The molecule has 0 unspecified atom stereocenters. The van der Waals surface area contributed by atoms with Gasteiger partial charge in [0.2, 0.25) is 5.16 Å². The van der Waals surface area contributed by atoms with Crippen molar-refractivity contribution in [3.63, 3.8) is 0 Å². The van der Waals surface area contributed by atoms with E-state index in [0.717, 1.165) is 24.5 Å². The Balaban J connectivity index is 1.55. The van der Waals surface area contributed by atoms with Gasteiger partial charge in [0, 0.05) is 15.6 Å². The van der Waals surface area contributed by atoms with Crippen LogP contribution in [0.1, 0.15) is 11.1 Å². The van der Waals surface area contributed by atoms with Crippen LogP contribution in [0.4, 0.5) is 0 Å². The summed E-state index contributed by atoms with van der Waals surface area (Å²) in [5, 5.41) is 18.2. The molecule has 0 radical (unpaired) electrons. The van der Waals surface area contributed by atoms with Crippen molar-refractivity contribution in [3.05, 3.63) is 87.8 Å². The Morgan fingerprint density at radius 2 is 1.86 bits per heavy atom. The van der Waals surface area contributed by atoms with E-state index in [2.05, 4.69) is 60.4 Å². The van der Waals surface area contributed by atoms with Gasteiger partial charge in [-0.2, -0.15) is 0 Å². The number of hydrogen-bond donors (Lipinski definition) is 2. The average molecular weight is 780 g/mol. The average Bonchev–Trinajstić information content (AvgIpc) is 3.32. The molecular weight excluding hydrogens is 763 g/mol. The number of nitrogens with zero attached hydrogens (tertiary/aromatic N) is 2. The second-order valence-electron chi connectivity index (χ2n) is 7.42. The summed E-state index contributed by atoms with van der Waals surface area (Å²) in [6.07, 6.45) is 1.57. The number of carboxylic acids is 1. The predicted molar refractivity (Wildman–Crippen MR) is 163 cm³/mol. The molecule has 7 nitrogen and oxygen atoms in total. The fourth-order valence-corrected chi connectivity index (χ4v) is 6.43. The number of halogens is 4. The first-order valence-corrected chi connectivity index (χ1v) is 14.2. The van der Waals surface area contributed by atoms with Crippen LogP contribution < -0.4 is 9.47 Å². The first-order valence-electron chi connectivity index (χ1n) is 10.5. The molecule has 0 saturated carbocycles. The largest absolute Gasteiger partial charge is 0.496 e. The number of aromatic nitrogens is 3. The third-order valence-electron chi connectivity index (χ3n) is 4.94. The fourth-order valence-electron chi connectivity index (χ4n) is 3.23. The van der Waals surface area contributed by atoms with Crippen LogP contribution >= 0.6 is 80.1 Å². The van der Waals surface area contributed by atoms with Gasteiger partial charge in [-0.3, -0.25) is 5.10 Å². The van der Waals surface area contributed by atoms with Crippen LogP contribution in [0.5, 0.6) is 11.5 Å². The minimum Gasteiger partial charge on any atom is -0.496 e. The number of aliphatic carboxylic acids is 1. The van der Waals surface area contributed by atoms with Crippen LogP contribution in [-0.2, 0) is 11.4 Å². The number of carboxylic acid groups (broad SMARTS) is 1. The number of methoxy groups -OCH3 is 1. The van der Waals surface area contributed by atoms with Crippen LogP contribution in [0, 0.1) is 7.14 Å². The summed E-state index contributed by atoms with van der Waals surface area (Å²) in [5.74, 6) is 0.584. The lowest BCUT2D eigenvalue weighted by molar-refractivity contribution is -0.131. The molecule has 2 N–H and O–H groups in total. The van der Waals surface area contributed by atoms with Crippen LogP contribution in [-0.4, -0.2) is 33.4 Å². The van der Waals surface area contributed by atoms with Crippen molar-refractivity contribution in [3.8, 4) is 22.9 Å². The van der Waals surface area contributed by atoms with Crippen LogP contribution in [0.2, 0.25) is 10.0 Å². The molecule has 0 amide bonds. The summed E-state index contributed by atoms with van der Waals surface area (Å²) in [4.78, 5) is 16.5. The number of thioether (sulfide) groups is 1. The zero-order chi connectivity index (χ0) is 26.5. The number of ether oxygens (including phenoxy) is 2. The number of nitrogens with one attached hydrogen (secondary N) is 1. The minimum absolute atomic E-state index is 0.0555. The summed E-state index contributed by atoms with van der Waals surface area (Å²) >= 11 is 17.6. The quantitative estimate of drug-likeness (QED) is 0.102. The van der Waals surface area contributed by atoms with Crippen LogP contribution in [0.3, 0.4) is 0 Å². The van der Waals surface area contributed by atoms with Crippen molar-refractivity contribution >= 4 is 92.2 Å². The van der Waals surface area contributed by atoms with Gasteiger partial charge in [0.1, 0.15) is 23.0 Å². The second-order valence-corrected chi connectivity index (χ2v) is 11.6. The lowest BCUT2D eigenvalue weighted by Gasteiger charge is -2.12. The molecular formula is C25H17Cl2I2N3O4S. The summed E-state index contributed by atoms with van der Waals surface area (Å²) in [6.45, 7) is 0.321. The zero-order valence-corrected chi connectivity index (χ0v) is 25.6. The molecule has 190 valence electrons. The fraction of sp³-hybridized carbons (Fsp3) is 0.0800. The maximum absolute atomic E-state index is 12.0. The molecule has 4 rings (SSSR count). The molecule has 1 aromatic heterocycles. The van der Waals surface area contributed by atoms with E-state index in [1.165, 1.54) is 0 Å². The Kier molecular flexibility index (Phi) is 9.62. The van der Waals surface area contributed by atoms with E-state index in [9.17, 15) is 9.90 Å². The van der Waals surface area contributed by atoms with Gasteiger partial charge in [0.05, 0.1) is 19.8 Å². The molecule has 1 heterocycles. The van der Waals surface area contributed by atoms with Crippen molar-refractivity contribution in [1.82, 2.24) is 15.2 Å². The highest BCUT2D eigenvalue weighted by Crippen LogP contribution is 2.35. The van der Waals surface area contributed by atoms with E-state index < -0.39 is 5.97 Å². The highest BCUT2D eigenvalue weighted by Gasteiger charge is 2.17. The van der Waals surface area contributed by atoms with Gasteiger partial charge in [-0.05, 0) is 105 Å². The Bertz CT molecular complexity index is 1470. The van der Waals surface area contributed by atoms with E-state index in [4.69, 9.17) is 32.7 Å². The SMILES string of the molecule is COc1ccc(Cl)cc1-c1nc(S/C(=C\c2cc(I)c(OCc3ccccc3Cl)c(I)c2)C(=O)O)n[nH]1. The molecule has 0 saturated heterocycles. The number of benzene rings is 3. The molecule has 0 aliphatic carbocycles. The van der Waals surface area contributed by atoms with Gasteiger partial charge < -0.3 is 14.6 Å². The van der Waals surface area contributed by atoms with Gasteiger partial charge in [-0.1, -0.05) is 41.4 Å². The van der Waals surface area contributed by atoms with E-state index >= 15 is 0 Å². The van der Waals surface area contributed by atoms with E-state index in [0.29, 0.717) is 45.1 Å². The Morgan fingerprint density at radius 3 is 2.54 bits per heavy atom. The van der Waals surface area contributed by atoms with E-state index in [1.807, 2.05) is 36.4 Å². The van der Waals surface area contributed by atoms with Crippen molar-refractivity contribution in [2.75, 3.05) is 7.11 Å². The molecule has 0 aliphatic rings. The van der Waals surface area contributed by atoms with Crippen molar-refractivity contribution in [2.45, 2.75) is 11.8 Å². The molecule has 0 aliphatic heterocycles. The molecule has 0 bridgehead atoms. The van der Waals surface area contributed by atoms with Crippen molar-refractivity contribution in [1.29, 1.82) is 0 Å². The van der Waals surface area contributed by atoms with Gasteiger partial charge in [-0.25, -0.2) is 9.78 Å². The number of rotatable bonds is 9. The van der Waals surface area contributed by atoms with Gasteiger partial charge in [0.15, 0.2) is 5.82 Å². The smallest absolute Gasteiger partial charge is 0.342 e. The molecule has 12 heteroatoms. The summed E-state index contributed by atoms with van der Waals surface area (Å²) in [5.41, 5.74) is 2.20. The Morgan fingerprint density at radius 1 is 1.14 bits per heavy atom. The minimum atomic E-state index is -1.10. The second kappa shape index (κ2) is 12.7. The molecule has 0 atom stereocenters. The van der Waals surface area contributed by atoms with E-state index in [1.54, 1.807) is 31.4 Å². The molecule has 3 aromatic carbocycles. The topological polar surface area (TPSA) is 97.3 Å². The predicted octanol–water partition coefficient (Wildman–Crippen LogP) is 7.79. The number of aromatic amines is 1. The highest BCUT2D eigenvalue weighted by molar-refractivity contribution is 14.1. The standard InChI is InChI=1S/C25H17Cl2I2N3O4S/c1-35-20-7-6-15(26)11-16(20)23-30-25(32-31-23)37-21(24(33)34)10-13-8-18(28)22(19(29)9-13)36-12-14-4-2-3-5-17(14)27/h2-11H,12H2,1H3,(H,33,34)(H,30,31,32)/b21-10-. The maximum atomic E-state index is 12.0. The number of hydrogen-bond acceptors (Lipinski definition) is 6. The Hall–Kier alpha value is -2.00. The summed E-state index contributed by atoms with van der Waals surface area (Å²) < 4.78 is 13.1. The third-order valence-corrected chi connectivity index (χ3v) is 8.03. The molecule has 37 heavy (non-hydrogen) atoms. The lowest BCUT2D eigenvalue weighted by atomic mass is 10.2. The highest BCUT2D eigenvalue weighted by atomic mass is 127. The number of carbonyl (C=O) groups is 1. The van der Waals surface area contributed by atoms with Gasteiger partial charge in [-0.15, -0.1) is 5.10 Å². The normalized spacial score (nSPS) is 11.4. The van der Waals surface area contributed by atoms with Crippen molar-refractivity contribution in [2.24, 2.45) is 0 Å². The Labute approximate surface area is 254 Å². The maximum Gasteiger partial charge on any atom is 0.342 e. The van der Waals surface area contributed by atoms with Crippen molar-refractivity contribution < 1.29 is 19.4 Å². The lowest BCUT2D eigenvalue weighted by Crippen LogP contribution is -2.01. The van der Waals surface area contributed by atoms with E-state index in [-0.39, 0.29) is 10.1 Å². The van der Waals surface area contributed by atoms with Gasteiger partial charge >= 0.3 is 5.97 Å². The molecule has 0 spiro atoms. The zero-order valence-electron chi connectivity index (χ0n) is 19.0. The van der Waals surface area contributed by atoms with Gasteiger partial charge in [0.25, 0.3) is 0 Å². The summed E-state index contributed by atoms with van der Waals surface area (Å²) in [6, 6.07) is 16.3. The first-order chi connectivity index (χ1) is 17.7. The van der Waals surface area contributed by atoms with Crippen LogP contribution in [0.25, 0.3) is 17.5 Å². The third kappa shape index (κ3) is 7.11. The number of H-pyrrole nitrogens is 1. The van der Waals surface area contributed by atoms with Crippen LogP contribution in [0.15, 0.2) is 64.7 Å². The first kappa shape index (κ1) is 28.0. The monoisotopic (exact) mass is 779 g/mol.